The number of thiocarbonyl (C=S) groups is 1. The average molecular weight is 355 g/mol. The van der Waals surface area contributed by atoms with E-state index in [1.54, 1.807) is 6.92 Å². The molecule has 0 bridgehead atoms. The van der Waals surface area contributed by atoms with E-state index in [4.69, 9.17) is 26.8 Å². The standard InChI is InChI=1S/C13H25NO8S/c1-5(16)9(17)7(14-6(2)23)4-21-13-12(20)11(19)10(18)8(3-15)22-13/h5,7-13,15-20H,3-4H2,1-2H3,(H,14,23). The zero-order chi connectivity index (χ0) is 17.7. The molecule has 0 aromatic heterocycles. The Morgan fingerprint density at radius 1 is 1.22 bits per heavy atom. The van der Waals surface area contributed by atoms with Crippen molar-refractivity contribution in [2.45, 2.75) is 62.8 Å². The minimum absolute atomic E-state index is 0.206. The van der Waals surface area contributed by atoms with Crippen LogP contribution in [-0.2, 0) is 9.47 Å². The van der Waals surface area contributed by atoms with Gasteiger partial charge in [0.15, 0.2) is 6.29 Å². The Kier molecular flexibility index (Phi) is 8.21. The third-order valence-corrected chi connectivity index (χ3v) is 3.70. The van der Waals surface area contributed by atoms with Crippen LogP contribution in [0.25, 0.3) is 0 Å². The summed E-state index contributed by atoms with van der Waals surface area (Å²) in [4.78, 5) is 0.368. The van der Waals surface area contributed by atoms with Crippen molar-refractivity contribution in [3.63, 3.8) is 0 Å². The maximum Gasteiger partial charge on any atom is 0.186 e. The molecular weight excluding hydrogens is 330 g/mol. The maximum absolute atomic E-state index is 9.94. The van der Waals surface area contributed by atoms with E-state index < -0.39 is 55.6 Å². The van der Waals surface area contributed by atoms with Gasteiger partial charge in [-0.2, -0.15) is 0 Å². The van der Waals surface area contributed by atoms with Gasteiger partial charge in [-0.1, -0.05) is 12.2 Å². The van der Waals surface area contributed by atoms with Crippen molar-refractivity contribution in [3.05, 3.63) is 0 Å². The van der Waals surface area contributed by atoms with Crippen LogP contribution in [0.4, 0.5) is 0 Å². The van der Waals surface area contributed by atoms with E-state index >= 15 is 0 Å². The summed E-state index contributed by atoms with van der Waals surface area (Å²) in [5.41, 5.74) is 0. The SMILES string of the molecule is CC(=S)NC(COC1OC(CO)C(O)C(O)C1O)C(O)C(C)O. The third-order valence-electron chi connectivity index (χ3n) is 3.58. The molecule has 10 heteroatoms. The summed E-state index contributed by atoms with van der Waals surface area (Å²) in [6.07, 6.45) is -9.22. The number of ether oxygens (including phenoxy) is 2. The molecule has 1 aliphatic heterocycles. The monoisotopic (exact) mass is 355 g/mol. The zero-order valence-corrected chi connectivity index (χ0v) is 13.8. The highest BCUT2D eigenvalue weighted by molar-refractivity contribution is 7.80. The number of hydrogen-bond donors (Lipinski definition) is 7. The van der Waals surface area contributed by atoms with E-state index in [2.05, 4.69) is 5.32 Å². The van der Waals surface area contributed by atoms with Gasteiger partial charge < -0.3 is 45.4 Å². The molecule has 23 heavy (non-hydrogen) atoms. The van der Waals surface area contributed by atoms with E-state index in [-0.39, 0.29) is 6.61 Å². The van der Waals surface area contributed by atoms with Gasteiger partial charge in [0.05, 0.1) is 30.3 Å². The Labute approximate surface area is 139 Å². The van der Waals surface area contributed by atoms with Gasteiger partial charge >= 0.3 is 0 Å². The Balaban J connectivity index is 2.69. The number of aliphatic hydroxyl groups excluding tert-OH is 6. The van der Waals surface area contributed by atoms with E-state index in [0.29, 0.717) is 4.99 Å². The molecule has 0 aromatic carbocycles. The van der Waals surface area contributed by atoms with Crippen LogP contribution in [0.5, 0.6) is 0 Å². The van der Waals surface area contributed by atoms with Crippen LogP contribution in [-0.4, -0.2) is 97.8 Å². The van der Waals surface area contributed by atoms with Crippen LogP contribution in [0.3, 0.4) is 0 Å². The first kappa shape index (κ1) is 20.6. The van der Waals surface area contributed by atoms with Crippen LogP contribution in [0.2, 0.25) is 0 Å². The summed E-state index contributed by atoms with van der Waals surface area (Å²) in [6.45, 7) is 2.21. The maximum atomic E-state index is 9.94. The predicted molar refractivity (Wildman–Crippen MR) is 82.6 cm³/mol. The van der Waals surface area contributed by atoms with Crippen molar-refractivity contribution in [3.8, 4) is 0 Å². The van der Waals surface area contributed by atoms with E-state index in [1.807, 2.05) is 0 Å². The molecule has 1 saturated heterocycles. The zero-order valence-electron chi connectivity index (χ0n) is 12.9. The molecule has 0 aliphatic carbocycles. The van der Waals surface area contributed by atoms with Crippen LogP contribution >= 0.6 is 12.2 Å². The molecule has 8 atom stereocenters. The number of rotatable bonds is 7. The highest BCUT2D eigenvalue weighted by Crippen LogP contribution is 2.22. The van der Waals surface area contributed by atoms with Crippen LogP contribution in [0, 0.1) is 0 Å². The van der Waals surface area contributed by atoms with Crippen molar-refractivity contribution in [1.29, 1.82) is 0 Å². The summed E-state index contributed by atoms with van der Waals surface area (Å²) in [7, 11) is 0. The molecule has 1 fully saturated rings. The molecule has 0 saturated carbocycles. The summed E-state index contributed by atoms with van der Waals surface area (Å²) in [6, 6.07) is -0.778. The van der Waals surface area contributed by atoms with E-state index in [1.165, 1.54) is 6.92 Å². The van der Waals surface area contributed by atoms with Crippen molar-refractivity contribution < 1.29 is 40.1 Å². The smallest absolute Gasteiger partial charge is 0.186 e. The van der Waals surface area contributed by atoms with Crippen molar-refractivity contribution in [2.24, 2.45) is 0 Å². The normalized spacial score (nSPS) is 35.4. The first-order chi connectivity index (χ1) is 10.7. The molecule has 0 spiro atoms. The van der Waals surface area contributed by atoms with Crippen molar-refractivity contribution in [1.82, 2.24) is 5.32 Å². The number of nitrogens with one attached hydrogen (secondary N) is 1. The first-order valence-electron chi connectivity index (χ1n) is 7.24. The second-order valence-electron chi connectivity index (χ2n) is 5.57. The average Bonchev–Trinajstić information content (AvgIpc) is 2.49. The highest BCUT2D eigenvalue weighted by Gasteiger charge is 2.44. The lowest BCUT2D eigenvalue weighted by Gasteiger charge is -2.40. The molecular formula is C13H25NO8S. The Morgan fingerprint density at radius 2 is 1.83 bits per heavy atom. The number of hydrogen-bond acceptors (Lipinski definition) is 9. The summed E-state index contributed by atoms with van der Waals surface area (Å²) in [5, 5.41) is 60.5. The highest BCUT2D eigenvalue weighted by atomic mass is 32.1. The van der Waals surface area contributed by atoms with Gasteiger partial charge in [0.25, 0.3) is 0 Å². The molecule has 136 valence electrons. The molecule has 1 aliphatic rings. The second kappa shape index (κ2) is 9.16. The van der Waals surface area contributed by atoms with Gasteiger partial charge in [0, 0.05) is 0 Å². The Hall–Kier alpha value is -0.430. The minimum atomic E-state index is -1.55. The van der Waals surface area contributed by atoms with Crippen LogP contribution < -0.4 is 5.32 Å². The van der Waals surface area contributed by atoms with Gasteiger partial charge in [-0.05, 0) is 13.8 Å². The first-order valence-corrected chi connectivity index (χ1v) is 7.65. The minimum Gasteiger partial charge on any atom is -0.394 e. The molecule has 0 aromatic rings. The van der Waals surface area contributed by atoms with E-state index in [9.17, 15) is 25.5 Å². The summed E-state index contributed by atoms with van der Waals surface area (Å²) in [5.74, 6) is 0. The van der Waals surface area contributed by atoms with Gasteiger partial charge in [0.1, 0.15) is 30.5 Å². The molecule has 7 N–H and O–H groups in total. The molecule has 8 unspecified atom stereocenters. The number of aliphatic hydroxyl groups is 6. The van der Waals surface area contributed by atoms with Gasteiger partial charge in [-0.3, -0.25) is 0 Å². The van der Waals surface area contributed by atoms with Crippen molar-refractivity contribution >= 4 is 17.2 Å². The molecule has 0 radical (unpaired) electrons. The fraction of sp³-hybridized carbons (Fsp3) is 0.923. The molecule has 1 rings (SSSR count). The van der Waals surface area contributed by atoms with Crippen LogP contribution in [0.1, 0.15) is 13.8 Å². The fourth-order valence-electron chi connectivity index (χ4n) is 2.23. The second-order valence-corrected chi connectivity index (χ2v) is 6.18. The van der Waals surface area contributed by atoms with Gasteiger partial charge in [-0.25, -0.2) is 0 Å². The summed E-state index contributed by atoms with van der Waals surface area (Å²) < 4.78 is 10.5. The molecule has 1 heterocycles. The lowest BCUT2D eigenvalue weighted by atomic mass is 9.99. The van der Waals surface area contributed by atoms with Crippen LogP contribution in [0.15, 0.2) is 0 Å². The lowest BCUT2D eigenvalue weighted by Crippen LogP contribution is -2.60. The van der Waals surface area contributed by atoms with Crippen molar-refractivity contribution in [2.75, 3.05) is 13.2 Å². The Morgan fingerprint density at radius 3 is 2.30 bits per heavy atom. The topological polar surface area (TPSA) is 152 Å². The molecule has 0 amide bonds. The van der Waals surface area contributed by atoms with Gasteiger partial charge in [0.2, 0.25) is 0 Å². The van der Waals surface area contributed by atoms with E-state index in [0.717, 1.165) is 0 Å². The Bertz CT molecular complexity index is 383. The quantitative estimate of drug-likeness (QED) is 0.233. The lowest BCUT2D eigenvalue weighted by molar-refractivity contribution is -0.303. The predicted octanol–water partition coefficient (Wildman–Crippen LogP) is -3.15. The third kappa shape index (κ3) is 5.55. The molecule has 9 nitrogen and oxygen atoms in total. The fourth-order valence-corrected chi connectivity index (χ4v) is 2.38. The summed E-state index contributed by atoms with van der Waals surface area (Å²) >= 11 is 4.90. The largest absolute Gasteiger partial charge is 0.394 e. The van der Waals surface area contributed by atoms with Gasteiger partial charge in [-0.15, -0.1) is 0 Å².